The molecule has 0 aliphatic carbocycles. The maximum absolute atomic E-state index is 12.1. The average molecular weight is 401 g/mol. The van der Waals surface area contributed by atoms with E-state index in [0.29, 0.717) is 28.3 Å². The number of sulfone groups is 1. The number of ether oxygens (including phenoxy) is 1. The molecule has 0 aliphatic rings. The molecule has 0 saturated heterocycles. The fraction of sp³-hybridized carbons (Fsp3) is 0.158. The zero-order valence-corrected chi connectivity index (χ0v) is 16.1. The number of amides is 1. The van der Waals surface area contributed by atoms with Gasteiger partial charge in [0, 0.05) is 11.1 Å². The van der Waals surface area contributed by atoms with E-state index in [1.54, 1.807) is 37.3 Å². The van der Waals surface area contributed by atoms with Crippen LogP contribution < -0.4 is 15.8 Å². The number of aromatic nitrogens is 1. The number of oxazole rings is 1. The molecule has 3 rings (SSSR count). The first-order valence-electron chi connectivity index (χ1n) is 8.38. The Balaban J connectivity index is 1.92. The van der Waals surface area contributed by atoms with Crippen molar-refractivity contribution in [2.45, 2.75) is 11.8 Å². The van der Waals surface area contributed by atoms with E-state index in [0.717, 1.165) is 0 Å². The van der Waals surface area contributed by atoms with Crippen LogP contribution in [-0.4, -0.2) is 32.2 Å². The van der Waals surface area contributed by atoms with E-state index in [4.69, 9.17) is 14.9 Å². The van der Waals surface area contributed by atoms with Crippen LogP contribution in [0.25, 0.3) is 11.3 Å². The molecule has 1 heterocycles. The second-order valence-corrected chi connectivity index (χ2v) is 8.14. The van der Waals surface area contributed by atoms with Crippen molar-refractivity contribution < 1.29 is 22.4 Å². The first-order chi connectivity index (χ1) is 13.3. The van der Waals surface area contributed by atoms with Crippen LogP contribution in [0.2, 0.25) is 0 Å². The standard InChI is InChI=1S/C19H19N3O5S/c1-3-28(24,25)14-7-8-16(26-2)15(10-14)22-19-21-11-17(27-19)12-5-4-6-13(9-12)18(20)23/h4-11H,3H2,1-2H3,(H2,20,23)(H,21,22). The van der Waals surface area contributed by atoms with Crippen LogP contribution in [0.3, 0.4) is 0 Å². The third-order valence-corrected chi connectivity index (χ3v) is 5.82. The fourth-order valence-corrected chi connectivity index (χ4v) is 3.46. The number of nitrogens with one attached hydrogen (secondary N) is 1. The van der Waals surface area contributed by atoms with Crippen molar-refractivity contribution in [1.29, 1.82) is 0 Å². The summed E-state index contributed by atoms with van der Waals surface area (Å²) in [6.45, 7) is 1.58. The van der Waals surface area contributed by atoms with Gasteiger partial charge in [0.2, 0.25) is 5.91 Å². The summed E-state index contributed by atoms with van der Waals surface area (Å²) in [6, 6.07) is 11.3. The van der Waals surface area contributed by atoms with Gasteiger partial charge >= 0.3 is 0 Å². The Labute approximate surface area is 162 Å². The third kappa shape index (κ3) is 3.99. The van der Waals surface area contributed by atoms with Gasteiger partial charge in [0.05, 0.1) is 29.6 Å². The Bertz CT molecular complexity index is 1120. The van der Waals surface area contributed by atoms with Crippen LogP contribution in [-0.2, 0) is 9.84 Å². The molecule has 28 heavy (non-hydrogen) atoms. The Morgan fingerprint density at radius 1 is 1.25 bits per heavy atom. The largest absolute Gasteiger partial charge is 0.495 e. The Kier molecular flexibility index (Phi) is 5.36. The molecule has 0 bridgehead atoms. The summed E-state index contributed by atoms with van der Waals surface area (Å²) >= 11 is 0. The normalized spacial score (nSPS) is 11.2. The van der Waals surface area contributed by atoms with Gasteiger partial charge in [-0.3, -0.25) is 4.79 Å². The summed E-state index contributed by atoms with van der Waals surface area (Å²) < 4.78 is 35.2. The van der Waals surface area contributed by atoms with E-state index in [2.05, 4.69) is 10.3 Å². The maximum atomic E-state index is 12.1. The highest BCUT2D eigenvalue weighted by molar-refractivity contribution is 7.91. The van der Waals surface area contributed by atoms with E-state index >= 15 is 0 Å². The maximum Gasteiger partial charge on any atom is 0.299 e. The Hall–Kier alpha value is -3.33. The minimum atomic E-state index is -3.38. The van der Waals surface area contributed by atoms with Crippen molar-refractivity contribution in [3.63, 3.8) is 0 Å². The lowest BCUT2D eigenvalue weighted by Crippen LogP contribution is -2.10. The smallest absolute Gasteiger partial charge is 0.299 e. The van der Waals surface area contributed by atoms with Crippen LogP contribution in [0.1, 0.15) is 17.3 Å². The van der Waals surface area contributed by atoms with Crippen molar-refractivity contribution >= 4 is 27.4 Å². The van der Waals surface area contributed by atoms with Crippen molar-refractivity contribution in [3.05, 3.63) is 54.2 Å². The van der Waals surface area contributed by atoms with Gasteiger partial charge in [-0.15, -0.1) is 0 Å². The predicted octanol–water partition coefficient (Wildman–Crippen LogP) is 2.99. The van der Waals surface area contributed by atoms with Gasteiger partial charge in [0.1, 0.15) is 5.75 Å². The SMILES string of the molecule is CCS(=O)(=O)c1ccc(OC)c(Nc2ncc(-c3cccc(C(N)=O)c3)o2)c1. The minimum Gasteiger partial charge on any atom is -0.495 e. The lowest BCUT2D eigenvalue weighted by molar-refractivity contribution is 0.100. The molecule has 1 aromatic heterocycles. The quantitative estimate of drug-likeness (QED) is 0.623. The van der Waals surface area contributed by atoms with E-state index in [9.17, 15) is 13.2 Å². The number of benzene rings is 2. The molecule has 3 aromatic rings. The highest BCUT2D eigenvalue weighted by atomic mass is 32.2. The lowest BCUT2D eigenvalue weighted by atomic mass is 10.1. The van der Waals surface area contributed by atoms with Crippen molar-refractivity contribution in [2.24, 2.45) is 5.73 Å². The van der Waals surface area contributed by atoms with Gasteiger partial charge in [-0.25, -0.2) is 13.4 Å². The van der Waals surface area contributed by atoms with E-state index in [-0.39, 0.29) is 16.7 Å². The highest BCUT2D eigenvalue weighted by Crippen LogP contribution is 2.32. The zero-order valence-electron chi connectivity index (χ0n) is 15.3. The number of nitrogens with zero attached hydrogens (tertiary/aromatic N) is 1. The van der Waals surface area contributed by atoms with Gasteiger partial charge < -0.3 is 20.2 Å². The van der Waals surface area contributed by atoms with Crippen LogP contribution in [0.15, 0.2) is 58.0 Å². The summed E-state index contributed by atoms with van der Waals surface area (Å²) in [6.07, 6.45) is 1.49. The predicted molar refractivity (Wildman–Crippen MR) is 104 cm³/mol. The monoisotopic (exact) mass is 401 g/mol. The van der Waals surface area contributed by atoms with Gasteiger partial charge in [-0.05, 0) is 30.3 Å². The number of primary amides is 1. The Morgan fingerprint density at radius 3 is 2.71 bits per heavy atom. The molecule has 0 saturated carbocycles. The van der Waals surface area contributed by atoms with Gasteiger partial charge in [0.15, 0.2) is 15.6 Å². The topological polar surface area (TPSA) is 125 Å². The summed E-state index contributed by atoms with van der Waals surface area (Å²) in [5, 5.41) is 2.93. The average Bonchev–Trinajstić information content (AvgIpc) is 3.16. The molecule has 3 N–H and O–H groups in total. The highest BCUT2D eigenvalue weighted by Gasteiger charge is 2.16. The molecule has 2 aromatic carbocycles. The fourth-order valence-electron chi connectivity index (χ4n) is 2.55. The molecule has 146 valence electrons. The van der Waals surface area contributed by atoms with Crippen molar-refractivity contribution in [3.8, 4) is 17.1 Å². The number of carbonyl (C=O) groups is 1. The van der Waals surface area contributed by atoms with Crippen molar-refractivity contribution in [2.75, 3.05) is 18.2 Å². The molecule has 0 aliphatic heterocycles. The molecule has 0 unspecified atom stereocenters. The summed E-state index contributed by atoms with van der Waals surface area (Å²) in [7, 11) is -1.90. The van der Waals surface area contributed by atoms with Crippen LogP contribution in [0, 0.1) is 0 Å². The van der Waals surface area contributed by atoms with Crippen LogP contribution >= 0.6 is 0 Å². The number of hydrogen-bond acceptors (Lipinski definition) is 7. The number of anilines is 2. The van der Waals surface area contributed by atoms with Crippen LogP contribution in [0.4, 0.5) is 11.7 Å². The number of nitrogens with two attached hydrogens (primary N) is 1. The first-order valence-corrected chi connectivity index (χ1v) is 10.0. The van der Waals surface area contributed by atoms with Gasteiger partial charge in [0.25, 0.3) is 6.01 Å². The van der Waals surface area contributed by atoms with Crippen LogP contribution in [0.5, 0.6) is 5.75 Å². The number of methoxy groups -OCH3 is 1. The lowest BCUT2D eigenvalue weighted by Gasteiger charge is -2.11. The van der Waals surface area contributed by atoms with E-state index in [1.807, 2.05) is 0 Å². The molecular formula is C19H19N3O5S. The van der Waals surface area contributed by atoms with Gasteiger partial charge in [-0.1, -0.05) is 19.1 Å². The first kappa shape index (κ1) is 19.4. The van der Waals surface area contributed by atoms with E-state index < -0.39 is 15.7 Å². The molecular weight excluding hydrogens is 382 g/mol. The summed E-state index contributed by atoms with van der Waals surface area (Å²) in [5.74, 6) is 0.295. The second-order valence-electron chi connectivity index (χ2n) is 5.87. The van der Waals surface area contributed by atoms with Crippen molar-refractivity contribution in [1.82, 2.24) is 4.98 Å². The molecule has 0 radical (unpaired) electrons. The summed E-state index contributed by atoms with van der Waals surface area (Å²) in [4.78, 5) is 15.7. The second kappa shape index (κ2) is 7.73. The Morgan fingerprint density at radius 2 is 2.04 bits per heavy atom. The third-order valence-electron chi connectivity index (χ3n) is 4.09. The van der Waals surface area contributed by atoms with E-state index in [1.165, 1.54) is 25.4 Å². The number of hydrogen-bond donors (Lipinski definition) is 2. The molecule has 0 fully saturated rings. The number of rotatable bonds is 7. The molecule has 8 nitrogen and oxygen atoms in total. The molecule has 0 spiro atoms. The van der Waals surface area contributed by atoms with Gasteiger partial charge in [-0.2, -0.15) is 0 Å². The molecule has 9 heteroatoms. The number of carbonyl (C=O) groups excluding carboxylic acids is 1. The molecule has 0 atom stereocenters. The summed E-state index contributed by atoms with van der Waals surface area (Å²) in [5.41, 5.74) is 6.68. The molecule has 1 amide bonds. The zero-order chi connectivity index (χ0) is 20.3. The minimum absolute atomic E-state index is 0.0158.